The molecule has 4 heteroatoms. The van der Waals surface area contributed by atoms with Gasteiger partial charge >= 0.3 is 0 Å². The topological polar surface area (TPSA) is 37.7 Å². The van der Waals surface area contributed by atoms with Crippen LogP contribution < -0.4 is 4.90 Å². The van der Waals surface area contributed by atoms with Crippen molar-refractivity contribution in [2.75, 3.05) is 24.5 Å². The highest BCUT2D eigenvalue weighted by molar-refractivity contribution is 6.15. The van der Waals surface area contributed by atoms with Crippen LogP contribution in [0.3, 0.4) is 0 Å². The van der Waals surface area contributed by atoms with Gasteiger partial charge in [-0.25, -0.2) is 0 Å². The molecule has 0 aliphatic carbocycles. The first-order chi connectivity index (χ1) is 13.2. The van der Waals surface area contributed by atoms with E-state index in [0.29, 0.717) is 0 Å². The second-order valence-corrected chi connectivity index (χ2v) is 7.50. The van der Waals surface area contributed by atoms with Gasteiger partial charge in [-0.05, 0) is 68.2 Å². The Hall–Kier alpha value is -2.46. The minimum absolute atomic E-state index is 0.274. The van der Waals surface area contributed by atoms with Gasteiger partial charge in [-0.3, -0.25) is 9.98 Å². The third-order valence-corrected chi connectivity index (χ3v) is 5.13. The Bertz CT molecular complexity index is 816. The molecule has 2 aromatic rings. The molecule has 27 heavy (non-hydrogen) atoms. The lowest BCUT2D eigenvalue weighted by Gasteiger charge is -2.36. The van der Waals surface area contributed by atoms with Gasteiger partial charge in [0, 0.05) is 43.3 Å². The van der Waals surface area contributed by atoms with Crippen LogP contribution in [0.5, 0.6) is 0 Å². The van der Waals surface area contributed by atoms with E-state index in [9.17, 15) is 0 Å². The first-order valence-corrected chi connectivity index (χ1v) is 9.85. The van der Waals surface area contributed by atoms with Gasteiger partial charge in [-0.2, -0.15) is 0 Å². The van der Waals surface area contributed by atoms with Gasteiger partial charge in [0.05, 0.1) is 17.9 Å². The maximum Gasteiger partial charge on any atom is 0.0726 e. The van der Waals surface area contributed by atoms with Gasteiger partial charge < -0.3 is 9.64 Å². The molecule has 1 fully saturated rings. The number of rotatable bonds is 3. The van der Waals surface area contributed by atoms with E-state index in [1.54, 1.807) is 0 Å². The summed E-state index contributed by atoms with van der Waals surface area (Å²) in [5.41, 5.74) is 5.99. The number of aliphatic imine (C=N–C) groups is 1. The summed E-state index contributed by atoms with van der Waals surface area (Å²) >= 11 is 0. The summed E-state index contributed by atoms with van der Waals surface area (Å²) in [6.45, 7) is 7.08. The maximum atomic E-state index is 5.85. The molecule has 0 spiro atoms. The molecule has 0 N–H and O–H groups in total. The number of hydrogen-bond donors (Lipinski definition) is 0. The fraction of sp³-hybridized carbons (Fsp3) is 0.391. The number of nitrogens with zero attached hydrogens (tertiary/aromatic N) is 3. The van der Waals surface area contributed by atoms with Crippen LogP contribution in [0.1, 0.15) is 37.8 Å². The molecule has 0 radical (unpaired) electrons. The van der Waals surface area contributed by atoms with Crippen LogP contribution in [0, 0.1) is 0 Å². The molecule has 2 atom stereocenters. The first-order valence-electron chi connectivity index (χ1n) is 9.85. The molecule has 0 amide bonds. The van der Waals surface area contributed by atoms with Gasteiger partial charge in [0.25, 0.3) is 0 Å². The van der Waals surface area contributed by atoms with Crippen molar-refractivity contribution in [3.8, 4) is 0 Å². The Labute approximate surface area is 161 Å². The predicted molar refractivity (Wildman–Crippen MR) is 112 cm³/mol. The Balaban J connectivity index is 1.55. The van der Waals surface area contributed by atoms with Crippen molar-refractivity contribution in [1.82, 2.24) is 4.98 Å². The lowest BCUT2D eigenvalue weighted by molar-refractivity contribution is -0.00521. The average molecular weight is 361 g/mol. The summed E-state index contributed by atoms with van der Waals surface area (Å²) in [5, 5.41) is 0. The Morgan fingerprint density at radius 3 is 2.56 bits per heavy atom. The summed E-state index contributed by atoms with van der Waals surface area (Å²) in [7, 11) is 0. The molecule has 3 heterocycles. The zero-order valence-electron chi connectivity index (χ0n) is 16.1. The minimum Gasteiger partial charge on any atom is -0.372 e. The van der Waals surface area contributed by atoms with Crippen LogP contribution >= 0.6 is 0 Å². The highest BCUT2D eigenvalue weighted by atomic mass is 16.5. The van der Waals surface area contributed by atoms with Gasteiger partial charge in [0.15, 0.2) is 0 Å². The fourth-order valence-corrected chi connectivity index (χ4v) is 3.97. The molecule has 1 saturated heterocycles. The smallest absolute Gasteiger partial charge is 0.0726 e. The van der Waals surface area contributed by atoms with E-state index >= 15 is 0 Å². The number of morpholine rings is 1. The van der Waals surface area contributed by atoms with Crippen molar-refractivity contribution in [3.05, 3.63) is 65.5 Å². The average Bonchev–Trinajstić information content (AvgIpc) is 2.69. The Kier molecular flexibility index (Phi) is 5.35. The maximum absolute atomic E-state index is 5.85. The molecule has 2 aliphatic heterocycles. The van der Waals surface area contributed by atoms with Crippen molar-refractivity contribution in [3.63, 3.8) is 0 Å². The van der Waals surface area contributed by atoms with Crippen LogP contribution in [0.15, 0.2) is 59.4 Å². The summed E-state index contributed by atoms with van der Waals surface area (Å²) in [6.07, 6.45) is 8.71. The lowest BCUT2D eigenvalue weighted by Crippen LogP contribution is -2.45. The highest BCUT2D eigenvalue weighted by Gasteiger charge is 2.22. The SMILES string of the molecule is CC1CN(c2ccc(C=C3CCCN=C3c3cccnc3)cc2)CC(C)O1. The molecule has 140 valence electrons. The molecule has 2 unspecified atom stereocenters. The molecule has 0 bridgehead atoms. The monoisotopic (exact) mass is 361 g/mol. The summed E-state index contributed by atoms with van der Waals surface area (Å²) in [5.74, 6) is 0. The van der Waals surface area contributed by atoms with Gasteiger partial charge in [-0.15, -0.1) is 0 Å². The van der Waals surface area contributed by atoms with Gasteiger partial charge in [0.2, 0.25) is 0 Å². The summed E-state index contributed by atoms with van der Waals surface area (Å²) in [6, 6.07) is 12.9. The van der Waals surface area contributed by atoms with Crippen molar-refractivity contribution in [2.45, 2.75) is 38.9 Å². The van der Waals surface area contributed by atoms with Crippen molar-refractivity contribution in [2.24, 2.45) is 4.99 Å². The van der Waals surface area contributed by atoms with Crippen LogP contribution in [0.4, 0.5) is 5.69 Å². The number of benzene rings is 1. The molecule has 1 aromatic carbocycles. The predicted octanol–water partition coefficient (Wildman–Crippen LogP) is 4.36. The number of anilines is 1. The molecule has 0 saturated carbocycles. The molecule has 4 rings (SSSR count). The minimum atomic E-state index is 0.274. The molecule has 2 aliphatic rings. The Morgan fingerprint density at radius 1 is 1.07 bits per heavy atom. The number of aromatic nitrogens is 1. The number of ether oxygens (including phenoxy) is 1. The van der Waals surface area contributed by atoms with Crippen LogP contribution in [-0.4, -0.2) is 42.5 Å². The van der Waals surface area contributed by atoms with E-state index in [4.69, 9.17) is 9.73 Å². The molecular formula is C23H27N3O. The van der Waals surface area contributed by atoms with Crippen molar-refractivity contribution in [1.29, 1.82) is 0 Å². The van der Waals surface area contributed by atoms with Gasteiger partial charge in [-0.1, -0.05) is 12.1 Å². The standard InChI is InChI=1S/C23H27N3O/c1-17-15-26(16-18(2)27-17)22-9-7-19(8-10-22)13-20-5-4-12-25-23(20)21-6-3-11-24-14-21/h3,6-11,13-14,17-18H,4-5,12,15-16H2,1-2H3. The Morgan fingerprint density at radius 2 is 1.85 bits per heavy atom. The summed E-state index contributed by atoms with van der Waals surface area (Å²) < 4.78 is 5.85. The van der Waals surface area contributed by atoms with E-state index in [-0.39, 0.29) is 12.2 Å². The van der Waals surface area contributed by atoms with Crippen LogP contribution in [0.25, 0.3) is 6.08 Å². The number of pyridine rings is 1. The first kappa shape index (κ1) is 17.9. The molecule has 1 aromatic heterocycles. The number of allylic oxidation sites excluding steroid dienone is 1. The fourth-order valence-electron chi connectivity index (χ4n) is 3.97. The second kappa shape index (κ2) is 8.05. The summed E-state index contributed by atoms with van der Waals surface area (Å²) in [4.78, 5) is 11.4. The van der Waals surface area contributed by atoms with E-state index in [2.05, 4.69) is 60.1 Å². The van der Waals surface area contributed by atoms with E-state index < -0.39 is 0 Å². The largest absolute Gasteiger partial charge is 0.372 e. The van der Waals surface area contributed by atoms with Gasteiger partial charge in [0.1, 0.15) is 0 Å². The zero-order valence-corrected chi connectivity index (χ0v) is 16.1. The second-order valence-electron chi connectivity index (χ2n) is 7.50. The third-order valence-electron chi connectivity index (χ3n) is 5.13. The number of hydrogen-bond acceptors (Lipinski definition) is 4. The van der Waals surface area contributed by atoms with E-state index in [1.807, 2.05) is 18.5 Å². The molecule has 4 nitrogen and oxygen atoms in total. The zero-order chi connectivity index (χ0) is 18.6. The highest BCUT2D eigenvalue weighted by Crippen LogP contribution is 2.24. The lowest BCUT2D eigenvalue weighted by atomic mass is 9.95. The van der Waals surface area contributed by atoms with Crippen molar-refractivity contribution >= 4 is 17.5 Å². The van der Waals surface area contributed by atoms with E-state index in [0.717, 1.165) is 43.8 Å². The van der Waals surface area contributed by atoms with Crippen LogP contribution in [-0.2, 0) is 4.74 Å². The van der Waals surface area contributed by atoms with Crippen LogP contribution in [0.2, 0.25) is 0 Å². The van der Waals surface area contributed by atoms with E-state index in [1.165, 1.54) is 16.8 Å². The normalized spacial score (nSPS) is 24.7. The third kappa shape index (κ3) is 4.28. The van der Waals surface area contributed by atoms with Crippen molar-refractivity contribution < 1.29 is 4.74 Å². The quantitative estimate of drug-likeness (QED) is 0.815. The molecular weight excluding hydrogens is 334 g/mol.